The highest BCUT2D eigenvalue weighted by molar-refractivity contribution is 5.76. The van der Waals surface area contributed by atoms with Gasteiger partial charge in [-0.25, -0.2) is 0 Å². The van der Waals surface area contributed by atoms with Crippen molar-refractivity contribution in [3.05, 3.63) is 72.9 Å². The van der Waals surface area contributed by atoms with E-state index in [-0.39, 0.29) is 12.5 Å². The Bertz CT molecular complexity index is 1230. The summed E-state index contributed by atoms with van der Waals surface area (Å²) in [4.78, 5) is 13.0. The zero-order valence-electron chi connectivity index (χ0n) is 40.8. The standard InChI is InChI=1S/C55H97NO8/c1-3-5-7-9-11-13-15-17-19-20-21-22-23-24-25-26-27-28-29-31-32-34-36-38-40-42-44-49(58)48(47-63-55-54(62)53(61)52(60)50(46-57)64-55)56-51(59)45-43-41-39-37-35-33-30-18-16-14-12-10-8-6-4-2/h6,8,12,14,18,28-30,34,36,42,44,48-50,52-55,57-58,60-62H,3-5,7,9-11,13,15-17,19-27,31-33,35,37-41,43,45-47H2,1-2H3,(H,56,59)/b8-6-,14-12-,29-28+,30-18-,36-34+,44-42+. The van der Waals surface area contributed by atoms with E-state index in [9.17, 15) is 30.3 Å². The maximum atomic E-state index is 13.0. The van der Waals surface area contributed by atoms with Crippen molar-refractivity contribution in [2.75, 3.05) is 13.2 Å². The lowest BCUT2D eigenvalue weighted by Crippen LogP contribution is -2.60. The topological polar surface area (TPSA) is 149 Å². The first-order valence-corrected chi connectivity index (χ1v) is 26.2. The molecule has 0 radical (unpaired) electrons. The second-order valence-electron chi connectivity index (χ2n) is 17.9. The van der Waals surface area contributed by atoms with Crippen LogP contribution < -0.4 is 5.32 Å². The summed E-state index contributed by atoms with van der Waals surface area (Å²) in [5, 5.41) is 54.3. The van der Waals surface area contributed by atoms with Gasteiger partial charge in [0.25, 0.3) is 0 Å². The SMILES string of the molecule is CC/C=C\C/C=C\C/C=C\CCCCCCCC(=O)NC(COC1OC(CO)C(O)C(O)C1O)C(O)/C=C/CC/C=C/CC/C=C/CCCCCCCCCCCCCCCCCC. The summed E-state index contributed by atoms with van der Waals surface area (Å²) in [6.07, 6.45) is 53.9. The van der Waals surface area contributed by atoms with Crippen molar-refractivity contribution in [3.8, 4) is 0 Å². The van der Waals surface area contributed by atoms with Crippen molar-refractivity contribution in [1.29, 1.82) is 0 Å². The molecule has 7 atom stereocenters. The number of amides is 1. The van der Waals surface area contributed by atoms with E-state index in [1.54, 1.807) is 6.08 Å². The van der Waals surface area contributed by atoms with E-state index >= 15 is 0 Å². The van der Waals surface area contributed by atoms with Crippen LogP contribution in [0.15, 0.2) is 72.9 Å². The van der Waals surface area contributed by atoms with Crippen LogP contribution in [0.2, 0.25) is 0 Å². The second kappa shape index (κ2) is 44.5. The molecule has 1 aliphatic heterocycles. The van der Waals surface area contributed by atoms with Crippen molar-refractivity contribution in [2.45, 2.75) is 256 Å². The summed E-state index contributed by atoms with van der Waals surface area (Å²) in [6, 6.07) is -0.841. The van der Waals surface area contributed by atoms with Crippen LogP contribution in [-0.2, 0) is 14.3 Å². The minimum atomic E-state index is -1.58. The van der Waals surface area contributed by atoms with Gasteiger partial charge in [-0.2, -0.15) is 0 Å². The Balaban J connectivity index is 2.31. The average Bonchev–Trinajstić information content (AvgIpc) is 3.29. The number of unbranched alkanes of at least 4 members (excludes halogenated alkanes) is 23. The molecule has 1 fully saturated rings. The van der Waals surface area contributed by atoms with Gasteiger partial charge in [-0.3, -0.25) is 4.79 Å². The molecule has 64 heavy (non-hydrogen) atoms. The highest BCUT2D eigenvalue weighted by Gasteiger charge is 2.44. The molecule has 1 heterocycles. The monoisotopic (exact) mass is 900 g/mol. The Morgan fingerprint density at radius 3 is 1.50 bits per heavy atom. The molecule has 0 saturated carbocycles. The number of aliphatic hydroxyl groups is 5. The fourth-order valence-corrected chi connectivity index (χ4v) is 7.85. The molecule has 0 spiro atoms. The van der Waals surface area contributed by atoms with Crippen molar-refractivity contribution in [3.63, 3.8) is 0 Å². The van der Waals surface area contributed by atoms with Gasteiger partial charge in [0.15, 0.2) is 6.29 Å². The molecule has 370 valence electrons. The van der Waals surface area contributed by atoms with Gasteiger partial charge in [0.2, 0.25) is 5.91 Å². The Hall–Kier alpha value is -2.37. The number of hydrogen-bond acceptors (Lipinski definition) is 8. The van der Waals surface area contributed by atoms with E-state index in [2.05, 4.69) is 79.9 Å². The van der Waals surface area contributed by atoms with Crippen molar-refractivity contribution < 1.29 is 39.8 Å². The van der Waals surface area contributed by atoms with E-state index in [1.807, 2.05) is 6.08 Å². The summed E-state index contributed by atoms with van der Waals surface area (Å²) in [6.45, 7) is 3.63. The maximum absolute atomic E-state index is 13.0. The third-order valence-corrected chi connectivity index (χ3v) is 12.0. The fraction of sp³-hybridized carbons (Fsp3) is 0.764. The van der Waals surface area contributed by atoms with Crippen LogP contribution in [-0.4, -0.2) is 87.5 Å². The Kier molecular flexibility index (Phi) is 41.4. The third kappa shape index (κ3) is 34.0. The number of carbonyl (C=O) groups is 1. The summed E-state index contributed by atoms with van der Waals surface area (Å²) in [7, 11) is 0. The van der Waals surface area contributed by atoms with Crippen molar-refractivity contribution in [1.82, 2.24) is 5.32 Å². The molecule has 0 bridgehead atoms. The molecule has 1 aliphatic rings. The van der Waals surface area contributed by atoms with Gasteiger partial charge in [-0.15, -0.1) is 0 Å². The lowest BCUT2D eigenvalue weighted by atomic mass is 9.99. The summed E-state index contributed by atoms with van der Waals surface area (Å²) < 4.78 is 11.2. The van der Waals surface area contributed by atoms with Crippen LogP contribution in [0.4, 0.5) is 0 Å². The van der Waals surface area contributed by atoms with Crippen LogP contribution >= 0.6 is 0 Å². The molecule has 7 unspecified atom stereocenters. The molecule has 0 aliphatic carbocycles. The van der Waals surface area contributed by atoms with Crippen LogP contribution in [0.5, 0.6) is 0 Å². The predicted octanol–water partition coefficient (Wildman–Crippen LogP) is 12.1. The first kappa shape index (κ1) is 59.6. The van der Waals surface area contributed by atoms with Gasteiger partial charge in [0.05, 0.1) is 25.4 Å². The molecular weight excluding hydrogens is 803 g/mol. The quantitative estimate of drug-likeness (QED) is 0.0262. The average molecular weight is 900 g/mol. The van der Waals surface area contributed by atoms with Crippen LogP contribution in [0.3, 0.4) is 0 Å². The maximum Gasteiger partial charge on any atom is 0.220 e. The molecule has 1 rings (SSSR count). The van der Waals surface area contributed by atoms with E-state index in [4.69, 9.17) is 9.47 Å². The van der Waals surface area contributed by atoms with E-state index < -0.39 is 49.5 Å². The number of carbonyl (C=O) groups excluding carboxylic acids is 1. The Morgan fingerprint density at radius 1 is 0.547 bits per heavy atom. The summed E-state index contributed by atoms with van der Waals surface area (Å²) in [5.41, 5.74) is 0. The predicted molar refractivity (Wildman–Crippen MR) is 267 cm³/mol. The number of ether oxygens (including phenoxy) is 2. The number of hydrogen-bond donors (Lipinski definition) is 6. The molecule has 0 aromatic rings. The molecular formula is C55H97NO8. The number of allylic oxidation sites excluding steroid dienone is 11. The van der Waals surface area contributed by atoms with Gasteiger partial charge in [0, 0.05) is 6.42 Å². The minimum absolute atomic E-state index is 0.210. The zero-order chi connectivity index (χ0) is 46.6. The highest BCUT2D eigenvalue weighted by atomic mass is 16.7. The first-order chi connectivity index (χ1) is 31.3. The molecule has 0 aromatic carbocycles. The molecule has 6 N–H and O–H groups in total. The summed E-state index contributed by atoms with van der Waals surface area (Å²) >= 11 is 0. The van der Waals surface area contributed by atoms with Gasteiger partial charge in [-0.05, 0) is 77.0 Å². The van der Waals surface area contributed by atoms with E-state index in [0.717, 1.165) is 83.5 Å². The number of rotatable bonds is 43. The lowest BCUT2D eigenvalue weighted by Gasteiger charge is -2.40. The van der Waals surface area contributed by atoms with Gasteiger partial charge < -0.3 is 40.3 Å². The second-order valence-corrected chi connectivity index (χ2v) is 17.9. The summed E-state index contributed by atoms with van der Waals surface area (Å²) in [5.74, 6) is -0.210. The first-order valence-electron chi connectivity index (χ1n) is 26.2. The van der Waals surface area contributed by atoms with Crippen LogP contribution in [0.1, 0.15) is 213 Å². The fourth-order valence-electron chi connectivity index (χ4n) is 7.85. The lowest BCUT2D eigenvalue weighted by molar-refractivity contribution is -0.302. The Labute approximate surface area is 391 Å². The Morgan fingerprint density at radius 2 is 0.984 bits per heavy atom. The van der Waals surface area contributed by atoms with Crippen molar-refractivity contribution >= 4 is 5.91 Å². The molecule has 9 heteroatoms. The third-order valence-electron chi connectivity index (χ3n) is 12.0. The largest absolute Gasteiger partial charge is 0.394 e. The van der Waals surface area contributed by atoms with Crippen LogP contribution in [0, 0.1) is 0 Å². The van der Waals surface area contributed by atoms with E-state index in [1.165, 1.54) is 109 Å². The normalized spacial score (nSPS) is 20.6. The molecule has 1 saturated heterocycles. The smallest absolute Gasteiger partial charge is 0.220 e. The van der Waals surface area contributed by atoms with Gasteiger partial charge in [-0.1, -0.05) is 202 Å². The molecule has 1 amide bonds. The van der Waals surface area contributed by atoms with Gasteiger partial charge >= 0.3 is 0 Å². The van der Waals surface area contributed by atoms with Gasteiger partial charge in [0.1, 0.15) is 24.4 Å². The minimum Gasteiger partial charge on any atom is -0.394 e. The van der Waals surface area contributed by atoms with Crippen molar-refractivity contribution in [2.24, 2.45) is 0 Å². The number of aliphatic hydroxyl groups excluding tert-OH is 5. The van der Waals surface area contributed by atoms with Crippen LogP contribution in [0.25, 0.3) is 0 Å². The zero-order valence-corrected chi connectivity index (χ0v) is 40.8. The van der Waals surface area contributed by atoms with E-state index in [0.29, 0.717) is 6.42 Å². The highest BCUT2D eigenvalue weighted by Crippen LogP contribution is 2.23. The number of nitrogens with one attached hydrogen (secondary N) is 1. The molecule has 9 nitrogen and oxygen atoms in total. The molecule has 0 aromatic heterocycles.